The van der Waals surface area contributed by atoms with Crippen molar-refractivity contribution >= 4 is 11.6 Å². The van der Waals surface area contributed by atoms with Gasteiger partial charge >= 0.3 is 0 Å². The Bertz CT molecular complexity index is 641. The number of anilines is 1. The Morgan fingerprint density at radius 1 is 1.16 bits per heavy atom. The highest BCUT2D eigenvalue weighted by molar-refractivity contribution is 5.93. The van der Waals surface area contributed by atoms with Crippen LogP contribution in [0.3, 0.4) is 0 Å². The van der Waals surface area contributed by atoms with Crippen molar-refractivity contribution in [3.8, 4) is 11.5 Å². The maximum Gasteiger partial charge on any atom is 0.251 e. The van der Waals surface area contributed by atoms with Crippen molar-refractivity contribution in [2.75, 3.05) is 5.73 Å². The van der Waals surface area contributed by atoms with Crippen molar-refractivity contribution in [2.24, 2.45) is 5.73 Å². The van der Waals surface area contributed by atoms with E-state index in [4.69, 9.17) is 16.2 Å². The lowest BCUT2D eigenvalue weighted by Crippen LogP contribution is -2.12. The molecule has 5 heteroatoms. The normalized spacial score (nSPS) is 10.2. The average molecular weight is 260 g/mol. The molecule has 19 heavy (non-hydrogen) atoms. The Morgan fingerprint density at radius 3 is 2.37 bits per heavy atom. The molecule has 2 aromatic rings. The molecule has 0 atom stereocenters. The van der Waals surface area contributed by atoms with Crippen LogP contribution >= 0.6 is 0 Å². The quantitative estimate of drug-likeness (QED) is 0.832. The van der Waals surface area contributed by atoms with Crippen LogP contribution in [-0.4, -0.2) is 5.91 Å². The first-order valence-corrected chi connectivity index (χ1v) is 5.60. The minimum absolute atomic E-state index is 0.166. The summed E-state index contributed by atoms with van der Waals surface area (Å²) in [4.78, 5) is 10.9. The summed E-state index contributed by atoms with van der Waals surface area (Å²) in [6.45, 7) is 1.85. The third-order valence-electron chi connectivity index (χ3n) is 2.68. The number of halogens is 1. The number of aryl methyl sites for hydroxylation is 1. The molecule has 2 rings (SSSR count). The van der Waals surface area contributed by atoms with Gasteiger partial charge in [0.05, 0.1) is 5.56 Å². The molecule has 0 aliphatic heterocycles. The molecule has 4 nitrogen and oxygen atoms in total. The fourth-order valence-corrected chi connectivity index (χ4v) is 1.61. The van der Waals surface area contributed by atoms with Crippen molar-refractivity contribution in [3.05, 3.63) is 53.3 Å². The van der Waals surface area contributed by atoms with E-state index in [2.05, 4.69) is 0 Å². The number of nitrogens with two attached hydrogens (primary N) is 2. The van der Waals surface area contributed by atoms with Crippen LogP contribution in [0.2, 0.25) is 0 Å². The van der Waals surface area contributed by atoms with Crippen LogP contribution in [0, 0.1) is 12.7 Å². The summed E-state index contributed by atoms with van der Waals surface area (Å²) in [5.74, 6) is -0.700. The van der Waals surface area contributed by atoms with Gasteiger partial charge < -0.3 is 16.2 Å². The van der Waals surface area contributed by atoms with Crippen molar-refractivity contribution in [1.29, 1.82) is 0 Å². The van der Waals surface area contributed by atoms with Gasteiger partial charge in [-0.15, -0.1) is 0 Å². The number of ether oxygens (including phenoxy) is 1. The summed E-state index contributed by atoms with van der Waals surface area (Å²) in [6, 6.07) is 9.02. The van der Waals surface area contributed by atoms with Gasteiger partial charge in [-0.3, -0.25) is 4.79 Å². The van der Waals surface area contributed by atoms with E-state index < -0.39 is 11.7 Å². The Balaban J connectivity index is 2.26. The smallest absolute Gasteiger partial charge is 0.251 e. The average Bonchev–Trinajstić information content (AvgIpc) is 2.33. The zero-order valence-electron chi connectivity index (χ0n) is 10.3. The second kappa shape index (κ2) is 4.97. The lowest BCUT2D eigenvalue weighted by molar-refractivity contribution is 0.0996. The fourth-order valence-electron chi connectivity index (χ4n) is 1.61. The predicted octanol–water partition coefficient (Wildman–Crippen LogP) is 2.61. The standard InChI is InChI=1S/C14H13FN2O2/c1-8-6-9(3-5-13(8)16)19-10-2-4-11(14(17)18)12(15)7-10/h2-7H,16H2,1H3,(H2,17,18). The van der Waals surface area contributed by atoms with Crippen LogP contribution in [0.4, 0.5) is 10.1 Å². The van der Waals surface area contributed by atoms with Gasteiger partial charge in [0.25, 0.3) is 5.91 Å². The third-order valence-corrected chi connectivity index (χ3v) is 2.68. The van der Waals surface area contributed by atoms with E-state index in [0.717, 1.165) is 11.6 Å². The molecule has 0 bridgehead atoms. The fraction of sp³-hybridized carbons (Fsp3) is 0.0714. The molecule has 0 fully saturated rings. The molecule has 98 valence electrons. The first kappa shape index (κ1) is 12.9. The van der Waals surface area contributed by atoms with E-state index in [0.29, 0.717) is 11.4 Å². The SMILES string of the molecule is Cc1cc(Oc2ccc(C(N)=O)c(F)c2)ccc1N. The van der Waals surface area contributed by atoms with E-state index in [9.17, 15) is 9.18 Å². The Labute approximate surface area is 109 Å². The summed E-state index contributed by atoms with van der Waals surface area (Å²) in [5.41, 5.74) is 12.1. The van der Waals surface area contributed by atoms with Gasteiger partial charge in [-0.05, 0) is 42.8 Å². The molecule has 1 amide bonds. The van der Waals surface area contributed by atoms with Crippen LogP contribution in [-0.2, 0) is 0 Å². The molecule has 0 aromatic heterocycles. The van der Waals surface area contributed by atoms with Crippen LogP contribution in [0.25, 0.3) is 0 Å². The molecule has 2 aromatic carbocycles. The highest BCUT2D eigenvalue weighted by atomic mass is 19.1. The zero-order valence-corrected chi connectivity index (χ0v) is 10.3. The van der Waals surface area contributed by atoms with Gasteiger partial charge in [0, 0.05) is 11.8 Å². The van der Waals surface area contributed by atoms with Crippen LogP contribution in [0.1, 0.15) is 15.9 Å². The summed E-state index contributed by atoms with van der Waals surface area (Å²) in [5, 5.41) is 0. The summed E-state index contributed by atoms with van der Waals surface area (Å²) >= 11 is 0. The zero-order chi connectivity index (χ0) is 14.0. The number of hydrogen-bond acceptors (Lipinski definition) is 3. The second-order valence-electron chi connectivity index (χ2n) is 4.13. The third kappa shape index (κ3) is 2.82. The monoisotopic (exact) mass is 260 g/mol. The summed E-state index contributed by atoms with van der Waals surface area (Å²) < 4.78 is 19.0. The van der Waals surface area contributed by atoms with Crippen LogP contribution < -0.4 is 16.2 Å². The molecular formula is C14H13FN2O2. The molecule has 0 saturated carbocycles. The molecule has 0 heterocycles. The molecule has 0 spiro atoms. The highest BCUT2D eigenvalue weighted by Gasteiger charge is 2.09. The van der Waals surface area contributed by atoms with E-state index in [1.54, 1.807) is 18.2 Å². The molecule has 0 radical (unpaired) electrons. The maximum absolute atomic E-state index is 13.5. The van der Waals surface area contributed by atoms with Crippen LogP contribution in [0.5, 0.6) is 11.5 Å². The number of rotatable bonds is 3. The summed E-state index contributed by atoms with van der Waals surface area (Å²) in [6.07, 6.45) is 0. The van der Waals surface area contributed by atoms with Gasteiger partial charge in [-0.1, -0.05) is 0 Å². The van der Waals surface area contributed by atoms with Crippen molar-refractivity contribution in [1.82, 2.24) is 0 Å². The van der Waals surface area contributed by atoms with Crippen molar-refractivity contribution < 1.29 is 13.9 Å². The molecule has 0 aliphatic rings. The Kier molecular flexibility index (Phi) is 3.37. The Morgan fingerprint density at radius 2 is 1.79 bits per heavy atom. The molecule has 0 saturated heterocycles. The first-order valence-electron chi connectivity index (χ1n) is 5.60. The Hall–Kier alpha value is -2.56. The largest absolute Gasteiger partial charge is 0.457 e. The number of nitrogen functional groups attached to an aromatic ring is 1. The number of amides is 1. The molecule has 0 unspecified atom stereocenters. The number of primary amides is 1. The van der Waals surface area contributed by atoms with Gasteiger partial charge in [-0.25, -0.2) is 4.39 Å². The molecule has 0 aliphatic carbocycles. The number of benzene rings is 2. The molecular weight excluding hydrogens is 247 g/mol. The topological polar surface area (TPSA) is 78.3 Å². The van der Waals surface area contributed by atoms with Gasteiger partial charge in [0.1, 0.15) is 17.3 Å². The van der Waals surface area contributed by atoms with Gasteiger partial charge in [-0.2, -0.15) is 0 Å². The minimum Gasteiger partial charge on any atom is -0.457 e. The first-order chi connectivity index (χ1) is 8.97. The van der Waals surface area contributed by atoms with E-state index in [-0.39, 0.29) is 11.3 Å². The predicted molar refractivity (Wildman–Crippen MR) is 70.6 cm³/mol. The lowest BCUT2D eigenvalue weighted by Gasteiger charge is -2.08. The summed E-state index contributed by atoms with van der Waals surface area (Å²) in [7, 11) is 0. The van der Waals surface area contributed by atoms with Gasteiger partial charge in [0.2, 0.25) is 0 Å². The molecule has 4 N–H and O–H groups in total. The van der Waals surface area contributed by atoms with Gasteiger partial charge in [0.15, 0.2) is 0 Å². The highest BCUT2D eigenvalue weighted by Crippen LogP contribution is 2.26. The minimum atomic E-state index is -0.813. The van der Waals surface area contributed by atoms with Crippen molar-refractivity contribution in [3.63, 3.8) is 0 Å². The maximum atomic E-state index is 13.5. The number of carbonyl (C=O) groups is 1. The van der Waals surface area contributed by atoms with Crippen molar-refractivity contribution in [2.45, 2.75) is 6.92 Å². The van der Waals surface area contributed by atoms with E-state index >= 15 is 0 Å². The number of hydrogen-bond donors (Lipinski definition) is 2. The second-order valence-corrected chi connectivity index (χ2v) is 4.13. The lowest BCUT2D eigenvalue weighted by atomic mass is 10.2. The van der Waals surface area contributed by atoms with E-state index in [1.165, 1.54) is 12.1 Å². The van der Waals surface area contributed by atoms with Crippen LogP contribution in [0.15, 0.2) is 36.4 Å². The van der Waals surface area contributed by atoms with E-state index in [1.807, 2.05) is 6.92 Å². The number of carbonyl (C=O) groups excluding carboxylic acids is 1.